The van der Waals surface area contributed by atoms with Gasteiger partial charge < -0.3 is 10.1 Å². The standard InChI is InChI=1S/C19H23N3O3S/c1-3-16-13(2)21-19-22(18(16)24)11-14(12-26-19)17(23)20-9-10-25-15-7-5-4-6-8-15/h4-8,14H,3,9-12H2,1-2H3,(H,20,23). The molecule has 1 aromatic heterocycles. The highest BCUT2D eigenvalue weighted by atomic mass is 32.2. The minimum absolute atomic E-state index is 0.0209. The summed E-state index contributed by atoms with van der Waals surface area (Å²) in [5, 5.41) is 3.61. The van der Waals surface area contributed by atoms with Crippen LogP contribution >= 0.6 is 11.8 Å². The molecule has 6 nitrogen and oxygen atoms in total. The molecule has 1 amide bonds. The zero-order chi connectivity index (χ0) is 18.5. The highest BCUT2D eigenvalue weighted by Gasteiger charge is 2.27. The number of nitrogens with zero attached hydrogens (tertiary/aromatic N) is 2. The molecule has 1 unspecified atom stereocenters. The molecule has 3 rings (SSSR count). The van der Waals surface area contributed by atoms with Crippen molar-refractivity contribution in [3.8, 4) is 5.75 Å². The number of carbonyl (C=O) groups excluding carboxylic acids is 1. The topological polar surface area (TPSA) is 73.2 Å². The quantitative estimate of drug-likeness (QED) is 0.620. The molecule has 138 valence electrons. The number of amides is 1. The summed E-state index contributed by atoms with van der Waals surface area (Å²) in [4.78, 5) is 29.6. The molecule has 0 saturated heterocycles. The summed E-state index contributed by atoms with van der Waals surface area (Å²) in [7, 11) is 0. The Kier molecular flexibility index (Phi) is 5.98. The molecule has 0 radical (unpaired) electrons. The number of rotatable bonds is 6. The molecule has 1 N–H and O–H groups in total. The number of aromatic nitrogens is 2. The van der Waals surface area contributed by atoms with Crippen molar-refractivity contribution in [2.75, 3.05) is 18.9 Å². The van der Waals surface area contributed by atoms with Crippen molar-refractivity contribution in [2.24, 2.45) is 5.92 Å². The fourth-order valence-electron chi connectivity index (χ4n) is 2.97. The number of hydrogen-bond donors (Lipinski definition) is 1. The molecule has 2 aromatic rings. The zero-order valence-electron chi connectivity index (χ0n) is 15.0. The van der Waals surface area contributed by atoms with E-state index >= 15 is 0 Å². The molecule has 1 aliphatic heterocycles. The van der Waals surface area contributed by atoms with Gasteiger partial charge in [-0.25, -0.2) is 4.98 Å². The minimum Gasteiger partial charge on any atom is -0.492 e. The second-order valence-electron chi connectivity index (χ2n) is 6.19. The highest BCUT2D eigenvalue weighted by molar-refractivity contribution is 7.99. The Hall–Kier alpha value is -2.28. The normalized spacial score (nSPS) is 16.0. The number of thioether (sulfide) groups is 1. The highest BCUT2D eigenvalue weighted by Crippen LogP contribution is 2.25. The Labute approximate surface area is 157 Å². The number of aryl methyl sites for hydroxylation is 1. The van der Waals surface area contributed by atoms with Crippen LogP contribution in [-0.4, -0.2) is 34.4 Å². The van der Waals surface area contributed by atoms with Crippen LogP contribution in [-0.2, 0) is 17.8 Å². The maximum absolute atomic E-state index is 12.6. The largest absolute Gasteiger partial charge is 0.492 e. The summed E-state index contributed by atoms with van der Waals surface area (Å²) in [6, 6.07) is 9.49. The van der Waals surface area contributed by atoms with E-state index in [-0.39, 0.29) is 17.4 Å². The van der Waals surface area contributed by atoms with Gasteiger partial charge in [-0.3, -0.25) is 14.2 Å². The van der Waals surface area contributed by atoms with Gasteiger partial charge in [0.1, 0.15) is 12.4 Å². The Morgan fingerprint density at radius 3 is 2.88 bits per heavy atom. The van der Waals surface area contributed by atoms with Crippen LogP contribution in [0.25, 0.3) is 0 Å². The number of ether oxygens (including phenoxy) is 1. The lowest BCUT2D eigenvalue weighted by Gasteiger charge is -2.25. The first-order valence-corrected chi connectivity index (χ1v) is 9.77. The number of benzene rings is 1. The average molecular weight is 373 g/mol. The maximum atomic E-state index is 12.6. The average Bonchev–Trinajstić information content (AvgIpc) is 2.66. The van der Waals surface area contributed by atoms with Gasteiger partial charge in [0, 0.05) is 23.6 Å². The lowest BCUT2D eigenvalue weighted by Crippen LogP contribution is -2.41. The summed E-state index contributed by atoms with van der Waals surface area (Å²) in [5.74, 6) is 1.12. The second-order valence-corrected chi connectivity index (χ2v) is 7.18. The lowest BCUT2D eigenvalue weighted by molar-refractivity contribution is -0.124. The number of nitrogens with one attached hydrogen (secondary N) is 1. The van der Waals surface area contributed by atoms with E-state index in [4.69, 9.17) is 4.74 Å². The number of fused-ring (bicyclic) bond motifs is 1. The third-order valence-corrected chi connectivity index (χ3v) is 5.53. The molecule has 1 aromatic carbocycles. The smallest absolute Gasteiger partial charge is 0.257 e. The Morgan fingerprint density at radius 2 is 2.15 bits per heavy atom. The van der Waals surface area contributed by atoms with Gasteiger partial charge in [-0.15, -0.1) is 0 Å². The van der Waals surface area contributed by atoms with Crippen LogP contribution in [0.1, 0.15) is 18.2 Å². The first-order valence-electron chi connectivity index (χ1n) is 8.78. The van der Waals surface area contributed by atoms with E-state index in [9.17, 15) is 9.59 Å². The molecule has 0 spiro atoms. The molecule has 0 aliphatic carbocycles. The molecule has 2 heterocycles. The minimum atomic E-state index is -0.240. The van der Waals surface area contributed by atoms with Crippen LogP contribution < -0.4 is 15.6 Å². The van der Waals surface area contributed by atoms with Gasteiger partial charge >= 0.3 is 0 Å². The first-order chi connectivity index (χ1) is 12.6. The molecule has 1 aliphatic rings. The summed E-state index contributed by atoms with van der Waals surface area (Å²) in [5.41, 5.74) is 1.50. The van der Waals surface area contributed by atoms with E-state index in [1.54, 1.807) is 4.57 Å². The van der Waals surface area contributed by atoms with E-state index in [2.05, 4.69) is 10.3 Å². The Balaban J connectivity index is 1.56. The molecule has 1 atom stereocenters. The van der Waals surface area contributed by atoms with Crippen molar-refractivity contribution in [3.05, 3.63) is 51.9 Å². The molecule has 0 saturated carbocycles. The van der Waals surface area contributed by atoms with E-state index < -0.39 is 0 Å². The fraction of sp³-hybridized carbons (Fsp3) is 0.421. The van der Waals surface area contributed by atoms with E-state index in [0.29, 0.717) is 37.0 Å². The zero-order valence-corrected chi connectivity index (χ0v) is 15.8. The van der Waals surface area contributed by atoms with Crippen LogP contribution in [0, 0.1) is 12.8 Å². The summed E-state index contributed by atoms with van der Waals surface area (Å²) < 4.78 is 7.22. The van der Waals surface area contributed by atoms with Crippen LogP contribution in [0.3, 0.4) is 0 Å². The SMILES string of the molecule is CCc1c(C)nc2n(c1=O)CC(C(=O)NCCOc1ccccc1)CS2. The van der Waals surface area contributed by atoms with Gasteiger partial charge in [-0.2, -0.15) is 0 Å². The van der Waals surface area contributed by atoms with Crippen LogP contribution in [0.2, 0.25) is 0 Å². The fourth-order valence-corrected chi connectivity index (χ4v) is 4.09. The van der Waals surface area contributed by atoms with Crippen molar-refractivity contribution < 1.29 is 9.53 Å². The van der Waals surface area contributed by atoms with Crippen LogP contribution in [0.15, 0.2) is 40.3 Å². The van der Waals surface area contributed by atoms with Gasteiger partial charge in [-0.05, 0) is 25.5 Å². The van der Waals surface area contributed by atoms with Gasteiger partial charge in [0.15, 0.2) is 5.16 Å². The summed E-state index contributed by atoms with van der Waals surface area (Å²) >= 11 is 1.47. The predicted molar refractivity (Wildman–Crippen MR) is 102 cm³/mol. The third kappa shape index (κ3) is 4.09. The van der Waals surface area contributed by atoms with Gasteiger partial charge in [-0.1, -0.05) is 36.9 Å². The Morgan fingerprint density at radius 1 is 1.38 bits per heavy atom. The van der Waals surface area contributed by atoms with Crippen molar-refractivity contribution in [3.63, 3.8) is 0 Å². The molecule has 0 fully saturated rings. The van der Waals surface area contributed by atoms with Crippen LogP contribution in [0.5, 0.6) is 5.75 Å². The first kappa shape index (κ1) is 18.5. The molecular weight excluding hydrogens is 350 g/mol. The van der Waals surface area contributed by atoms with Crippen LogP contribution in [0.4, 0.5) is 0 Å². The van der Waals surface area contributed by atoms with E-state index in [0.717, 1.165) is 17.0 Å². The maximum Gasteiger partial charge on any atom is 0.257 e. The summed E-state index contributed by atoms with van der Waals surface area (Å²) in [6.45, 7) is 5.04. The van der Waals surface area contributed by atoms with E-state index in [1.807, 2.05) is 44.2 Å². The molecule has 7 heteroatoms. The second kappa shape index (κ2) is 8.40. The molecule has 26 heavy (non-hydrogen) atoms. The van der Waals surface area contributed by atoms with Gasteiger partial charge in [0.2, 0.25) is 5.91 Å². The van der Waals surface area contributed by atoms with Gasteiger partial charge in [0.25, 0.3) is 5.56 Å². The predicted octanol–water partition coefficient (Wildman–Crippen LogP) is 2.03. The van der Waals surface area contributed by atoms with E-state index in [1.165, 1.54) is 11.8 Å². The third-order valence-electron chi connectivity index (χ3n) is 4.39. The molecule has 0 bridgehead atoms. The Bertz CT molecular complexity index is 836. The van der Waals surface area contributed by atoms with Crippen molar-refractivity contribution in [1.29, 1.82) is 0 Å². The lowest BCUT2D eigenvalue weighted by atomic mass is 10.1. The van der Waals surface area contributed by atoms with Gasteiger partial charge in [0.05, 0.1) is 12.5 Å². The van der Waals surface area contributed by atoms with Crippen molar-refractivity contribution in [2.45, 2.75) is 32.0 Å². The number of carbonyl (C=O) groups is 1. The molecular formula is C19H23N3O3S. The van der Waals surface area contributed by atoms with Crippen molar-refractivity contribution >= 4 is 17.7 Å². The summed E-state index contributed by atoms with van der Waals surface area (Å²) in [6.07, 6.45) is 0.649. The monoisotopic (exact) mass is 373 g/mol. The van der Waals surface area contributed by atoms with Crippen molar-refractivity contribution in [1.82, 2.24) is 14.9 Å². The number of para-hydroxylation sites is 1. The number of hydrogen-bond acceptors (Lipinski definition) is 5.